The summed E-state index contributed by atoms with van der Waals surface area (Å²) in [5.74, 6) is 0.426. The summed E-state index contributed by atoms with van der Waals surface area (Å²) >= 11 is 1.60. The van der Waals surface area contributed by atoms with Gasteiger partial charge in [-0.25, -0.2) is 4.98 Å². The molecule has 4 heterocycles. The zero-order valence-electron chi connectivity index (χ0n) is 38.5. The number of pyridine rings is 1. The highest BCUT2D eigenvalue weighted by atomic mass is 32.1. The van der Waals surface area contributed by atoms with E-state index in [-0.39, 0.29) is 22.6 Å². The molecule has 7 aromatic carbocycles. The van der Waals surface area contributed by atoms with Gasteiger partial charge in [0, 0.05) is 53.2 Å². The Bertz CT molecular complexity index is 3650. The van der Waals surface area contributed by atoms with Crippen LogP contribution in [0.4, 0.5) is 0 Å². The number of rotatable bonds is 2. The number of fused-ring (bicyclic) bond motifs is 15. The molecule has 1 aliphatic carbocycles. The summed E-state index contributed by atoms with van der Waals surface area (Å²) in [6, 6.07) is 46.4. The standard InChI is InChI=1S/C54H39N3OS/c1-30-20-24-42-46(27-30)58-52-43(54(42,4)5)29-40(48-31(2)21-25-45-51(48)56-53-57(45)44-18-10-11-19-47(44)59-53)32(3)49(52)33-22-23-37-34-13-6-7-14-35(34)39-17-12-26-55-50(39)38-16-9-8-15-36(38)41(37)28-33/h6-29H,1-5H3/i4D3,5D3. The van der Waals surface area contributed by atoms with Crippen LogP contribution in [0.25, 0.3) is 93.1 Å². The largest absolute Gasteiger partial charge is 0.456 e. The molecule has 0 amide bonds. The lowest BCUT2D eigenvalue weighted by atomic mass is 9.72. The number of nitrogens with zero attached hydrogens (tertiary/aromatic N) is 3. The Morgan fingerprint density at radius 3 is 2.17 bits per heavy atom. The van der Waals surface area contributed by atoms with Crippen LogP contribution in [0, 0.1) is 20.8 Å². The lowest BCUT2D eigenvalue weighted by Gasteiger charge is -2.37. The Kier molecular flexibility index (Phi) is 5.97. The molecule has 12 rings (SSSR count). The maximum atomic E-state index is 9.33. The van der Waals surface area contributed by atoms with Gasteiger partial charge in [0.1, 0.15) is 11.5 Å². The van der Waals surface area contributed by atoms with Crippen LogP contribution in [-0.2, 0) is 5.41 Å². The van der Waals surface area contributed by atoms with Crippen molar-refractivity contribution in [1.29, 1.82) is 0 Å². The maximum absolute atomic E-state index is 9.33. The van der Waals surface area contributed by atoms with Crippen molar-refractivity contribution in [3.63, 3.8) is 0 Å². The fraction of sp³-hybridized carbons (Fsp3) is 0.111. The summed E-state index contributed by atoms with van der Waals surface area (Å²) in [5, 5.41) is 0. The second-order valence-corrected chi connectivity index (χ2v) is 16.8. The second kappa shape index (κ2) is 12.3. The van der Waals surface area contributed by atoms with E-state index < -0.39 is 19.1 Å². The van der Waals surface area contributed by atoms with E-state index >= 15 is 0 Å². The smallest absolute Gasteiger partial charge is 0.195 e. The molecule has 0 saturated carbocycles. The Morgan fingerprint density at radius 1 is 0.610 bits per heavy atom. The summed E-state index contributed by atoms with van der Waals surface area (Å²) in [5.41, 5.74) is 13.7. The Hall–Kier alpha value is -6.82. The van der Waals surface area contributed by atoms with Crippen molar-refractivity contribution < 1.29 is 13.0 Å². The van der Waals surface area contributed by atoms with Crippen molar-refractivity contribution in [2.45, 2.75) is 39.9 Å². The highest BCUT2D eigenvalue weighted by Gasteiger charge is 2.38. The summed E-state index contributed by atoms with van der Waals surface area (Å²) < 4.78 is 66.2. The first-order valence-electron chi connectivity index (χ1n) is 22.8. The molecule has 0 bridgehead atoms. The van der Waals surface area contributed by atoms with Crippen LogP contribution in [-0.4, -0.2) is 14.4 Å². The minimum Gasteiger partial charge on any atom is -0.456 e. The van der Waals surface area contributed by atoms with Crippen LogP contribution in [0.3, 0.4) is 0 Å². The van der Waals surface area contributed by atoms with E-state index in [9.17, 15) is 8.22 Å². The predicted octanol–water partition coefficient (Wildman–Crippen LogP) is 14.8. The van der Waals surface area contributed by atoms with Gasteiger partial charge in [-0.3, -0.25) is 9.38 Å². The van der Waals surface area contributed by atoms with E-state index in [2.05, 4.69) is 77.2 Å². The Labute approximate surface area is 355 Å². The van der Waals surface area contributed by atoms with Gasteiger partial charge in [-0.2, -0.15) is 0 Å². The average molecular weight is 784 g/mol. The van der Waals surface area contributed by atoms with Crippen molar-refractivity contribution in [1.82, 2.24) is 14.4 Å². The molecule has 1 aliphatic heterocycles. The van der Waals surface area contributed by atoms with Crippen molar-refractivity contribution in [2.24, 2.45) is 0 Å². The van der Waals surface area contributed by atoms with Crippen molar-refractivity contribution in [2.75, 3.05) is 0 Å². The van der Waals surface area contributed by atoms with E-state index in [0.717, 1.165) is 98.7 Å². The molecule has 2 aliphatic rings. The topological polar surface area (TPSA) is 39.4 Å². The van der Waals surface area contributed by atoms with Crippen LogP contribution in [0.1, 0.15) is 49.7 Å². The molecule has 59 heavy (non-hydrogen) atoms. The summed E-state index contributed by atoms with van der Waals surface area (Å²) in [6.07, 6.45) is 1.83. The fourth-order valence-corrected chi connectivity index (χ4v) is 10.6. The number of benzene rings is 7. The van der Waals surface area contributed by atoms with Gasteiger partial charge < -0.3 is 4.74 Å². The maximum Gasteiger partial charge on any atom is 0.195 e. The molecule has 282 valence electrons. The van der Waals surface area contributed by atoms with E-state index in [1.165, 1.54) is 0 Å². The number of aryl methyl sites for hydroxylation is 2. The van der Waals surface area contributed by atoms with Crippen LogP contribution < -0.4 is 4.74 Å². The number of imidazole rings is 1. The van der Waals surface area contributed by atoms with Gasteiger partial charge in [-0.05, 0) is 119 Å². The van der Waals surface area contributed by atoms with Gasteiger partial charge in [0.05, 0.1) is 26.9 Å². The lowest BCUT2D eigenvalue weighted by Crippen LogP contribution is -2.25. The monoisotopic (exact) mass is 783 g/mol. The lowest BCUT2D eigenvalue weighted by molar-refractivity contribution is 0.419. The first-order chi connectivity index (χ1) is 31.3. The first-order valence-corrected chi connectivity index (χ1v) is 20.6. The highest BCUT2D eigenvalue weighted by Crippen LogP contribution is 2.56. The predicted molar refractivity (Wildman–Crippen MR) is 245 cm³/mol. The number of hydrogen-bond acceptors (Lipinski definition) is 4. The van der Waals surface area contributed by atoms with Crippen molar-refractivity contribution >= 4 is 37.5 Å². The average Bonchev–Trinajstić information content (AvgIpc) is 3.83. The van der Waals surface area contributed by atoms with E-state index in [0.29, 0.717) is 11.1 Å². The molecule has 3 aromatic heterocycles. The molecule has 5 heteroatoms. The van der Waals surface area contributed by atoms with Crippen LogP contribution in [0.5, 0.6) is 11.5 Å². The molecule has 0 fully saturated rings. The minimum absolute atomic E-state index is 0.0861. The Morgan fingerprint density at radius 2 is 1.34 bits per heavy atom. The van der Waals surface area contributed by atoms with Crippen LogP contribution >= 0.6 is 11.3 Å². The van der Waals surface area contributed by atoms with E-state index in [1.807, 2.05) is 69.4 Å². The van der Waals surface area contributed by atoms with Crippen molar-refractivity contribution in [3.05, 3.63) is 174 Å². The molecule has 0 spiro atoms. The number of aromatic nitrogens is 3. The molecule has 4 nitrogen and oxygen atoms in total. The molecular weight excluding hydrogens is 739 g/mol. The van der Waals surface area contributed by atoms with Crippen LogP contribution in [0.2, 0.25) is 0 Å². The van der Waals surface area contributed by atoms with Gasteiger partial charge in [0.25, 0.3) is 0 Å². The molecular formula is C54H39N3OS. The fourth-order valence-electron chi connectivity index (χ4n) is 9.59. The molecule has 0 N–H and O–H groups in total. The number of para-hydroxylation sites is 1. The number of ether oxygens (including phenoxy) is 1. The second-order valence-electron chi connectivity index (χ2n) is 15.8. The zero-order valence-corrected chi connectivity index (χ0v) is 33.3. The van der Waals surface area contributed by atoms with Gasteiger partial charge in [-0.1, -0.05) is 122 Å². The van der Waals surface area contributed by atoms with Crippen LogP contribution in [0.15, 0.2) is 146 Å². The summed E-state index contributed by atoms with van der Waals surface area (Å²) in [6.45, 7) is -0.147. The third-order valence-electron chi connectivity index (χ3n) is 12.4. The van der Waals surface area contributed by atoms with E-state index in [1.54, 1.807) is 35.6 Å². The molecule has 0 radical (unpaired) electrons. The van der Waals surface area contributed by atoms with Gasteiger partial charge in [0.15, 0.2) is 4.96 Å². The highest BCUT2D eigenvalue weighted by molar-refractivity contribution is 7.23. The molecule has 0 saturated heterocycles. The first kappa shape index (κ1) is 28.6. The van der Waals surface area contributed by atoms with E-state index in [4.69, 9.17) is 14.7 Å². The SMILES string of the molecule is [2H]C([2H])([2H])C1(C([2H])([2H])[2H])c2ccc(C)cc2Oc2c1cc(-c1c(C)ccc3c1nc1sc4ccccc4n13)c(C)c2-c1ccc2c(c1)-c1ccccc1-c1ncccc1-c1ccccc1-2. The molecule has 10 aromatic rings. The third kappa shape index (κ3) is 4.82. The van der Waals surface area contributed by atoms with Gasteiger partial charge in [-0.15, -0.1) is 0 Å². The van der Waals surface area contributed by atoms with Crippen molar-refractivity contribution in [3.8, 4) is 78.4 Å². The number of hydrogen-bond donors (Lipinski definition) is 0. The Balaban J connectivity index is 1.23. The quantitative estimate of drug-likeness (QED) is 0.175. The normalized spacial score (nSPS) is 15.4. The zero-order chi connectivity index (χ0) is 44.7. The number of thiazole rings is 1. The van der Waals surface area contributed by atoms with Gasteiger partial charge in [0.2, 0.25) is 0 Å². The minimum atomic E-state index is -3.05. The third-order valence-corrected chi connectivity index (χ3v) is 13.4. The summed E-state index contributed by atoms with van der Waals surface area (Å²) in [7, 11) is 0. The van der Waals surface area contributed by atoms with Gasteiger partial charge >= 0.3 is 0 Å². The molecule has 0 atom stereocenters. The summed E-state index contributed by atoms with van der Waals surface area (Å²) in [4.78, 5) is 11.1. The molecule has 0 unspecified atom stereocenters.